The Labute approximate surface area is 115 Å². The summed E-state index contributed by atoms with van der Waals surface area (Å²) in [5, 5.41) is 13.7. The Balaban J connectivity index is 1.89. The van der Waals surface area contributed by atoms with Gasteiger partial charge in [-0.3, -0.25) is 0 Å². The standard InChI is InChI=1S/C14H27N3S/c1-3-5-6-7-8-9-10-11-12-15-14-17-16-13(4-2)18-14/h3-12H2,1-2H3,(H,15,17). The van der Waals surface area contributed by atoms with Crippen molar-refractivity contribution in [3.63, 3.8) is 0 Å². The van der Waals surface area contributed by atoms with Crippen LogP contribution in [0.5, 0.6) is 0 Å². The molecule has 0 saturated heterocycles. The summed E-state index contributed by atoms with van der Waals surface area (Å²) >= 11 is 1.68. The zero-order chi connectivity index (χ0) is 13.1. The zero-order valence-corrected chi connectivity index (χ0v) is 12.7. The Kier molecular flexibility index (Phi) is 8.82. The fourth-order valence-electron chi connectivity index (χ4n) is 1.92. The second-order valence-corrected chi connectivity index (χ2v) is 5.82. The molecule has 3 nitrogen and oxygen atoms in total. The van der Waals surface area contributed by atoms with Crippen LogP contribution in [-0.4, -0.2) is 16.7 Å². The first kappa shape index (κ1) is 15.4. The summed E-state index contributed by atoms with van der Waals surface area (Å²) in [5.41, 5.74) is 0. The van der Waals surface area contributed by atoms with E-state index in [9.17, 15) is 0 Å². The second kappa shape index (κ2) is 10.3. The molecule has 0 fully saturated rings. The average molecular weight is 269 g/mol. The Morgan fingerprint density at radius 1 is 0.889 bits per heavy atom. The number of nitrogens with zero attached hydrogens (tertiary/aromatic N) is 2. The Morgan fingerprint density at radius 2 is 1.56 bits per heavy atom. The van der Waals surface area contributed by atoms with Crippen LogP contribution in [0.15, 0.2) is 0 Å². The number of aromatic nitrogens is 2. The van der Waals surface area contributed by atoms with Gasteiger partial charge >= 0.3 is 0 Å². The molecule has 1 N–H and O–H groups in total. The molecule has 0 aromatic carbocycles. The lowest BCUT2D eigenvalue weighted by Crippen LogP contribution is -2.00. The van der Waals surface area contributed by atoms with Crippen LogP contribution in [0, 0.1) is 0 Å². The van der Waals surface area contributed by atoms with Crippen molar-refractivity contribution in [2.45, 2.75) is 71.6 Å². The van der Waals surface area contributed by atoms with Crippen molar-refractivity contribution in [3.05, 3.63) is 5.01 Å². The van der Waals surface area contributed by atoms with Crippen molar-refractivity contribution in [2.75, 3.05) is 11.9 Å². The SMILES string of the molecule is CCCCCCCCCCNc1nnc(CC)s1. The first-order valence-corrected chi connectivity index (χ1v) is 8.24. The molecule has 1 aromatic rings. The Hall–Kier alpha value is -0.640. The summed E-state index contributed by atoms with van der Waals surface area (Å²) in [6, 6.07) is 0. The molecular weight excluding hydrogens is 242 g/mol. The lowest BCUT2D eigenvalue weighted by molar-refractivity contribution is 0.581. The molecule has 0 spiro atoms. The maximum Gasteiger partial charge on any atom is 0.205 e. The van der Waals surface area contributed by atoms with Crippen molar-refractivity contribution in [1.29, 1.82) is 0 Å². The highest BCUT2D eigenvalue weighted by Gasteiger charge is 2.00. The monoisotopic (exact) mass is 269 g/mol. The summed E-state index contributed by atoms with van der Waals surface area (Å²) in [5.74, 6) is 0. The van der Waals surface area contributed by atoms with Gasteiger partial charge in [-0.1, -0.05) is 70.1 Å². The van der Waals surface area contributed by atoms with Crippen LogP contribution in [0.25, 0.3) is 0 Å². The highest BCUT2D eigenvalue weighted by atomic mass is 32.1. The molecular formula is C14H27N3S. The quantitative estimate of drug-likeness (QED) is 0.594. The van der Waals surface area contributed by atoms with Gasteiger partial charge < -0.3 is 5.32 Å². The molecule has 0 unspecified atom stereocenters. The van der Waals surface area contributed by atoms with E-state index in [1.165, 1.54) is 51.4 Å². The van der Waals surface area contributed by atoms with Crippen molar-refractivity contribution < 1.29 is 0 Å². The smallest absolute Gasteiger partial charge is 0.205 e. The van der Waals surface area contributed by atoms with Gasteiger partial charge in [-0.2, -0.15) is 0 Å². The van der Waals surface area contributed by atoms with E-state index < -0.39 is 0 Å². The van der Waals surface area contributed by atoms with Gasteiger partial charge in [-0.05, 0) is 12.8 Å². The van der Waals surface area contributed by atoms with E-state index in [1.54, 1.807) is 11.3 Å². The highest BCUT2D eigenvalue weighted by Crippen LogP contribution is 2.15. The van der Waals surface area contributed by atoms with Crippen LogP contribution >= 0.6 is 11.3 Å². The predicted octanol–water partition coefficient (Wildman–Crippen LogP) is 4.65. The van der Waals surface area contributed by atoms with Gasteiger partial charge in [-0.25, -0.2) is 0 Å². The Morgan fingerprint density at radius 3 is 2.17 bits per heavy atom. The summed E-state index contributed by atoms with van der Waals surface area (Å²) in [6.45, 7) is 5.42. The molecule has 0 atom stereocenters. The normalized spacial score (nSPS) is 10.8. The molecule has 1 heterocycles. The first-order chi connectivity index (χ1) is 8.86. The van der Waals surface area contributed by atoms with Crippen molar-refractivity contribution in [1.82, 2.24) is 10.2 Å². The number of unbranched alkanes of at least 4 members (excludes halogenated alkanes) is 7. The number of aryl methyl sites for hydroxylation is 1. The van der Waals surface area contributed by atoms with Crippen LogP contribution < -0.4 is 5.32 Å². The molecule has 0 aliphatic carbocycles. The molecule has 104 valence electrons. The molecule has 0 radical (unpaired) electrons. The van der Waals surface area contributed by atoms with Crippen LogP contribution in [0.2, 0.25) is 0 Å². The minimum Gasteiger partial charge on any atom is -0.360 e. The van der Waals surface area contributed by atoms with Crippen molar-refractivity contribution in [2.24, 2.45) is 0 Å². The number of anilines is 1. The lowest BCUT2D eigenvalue weighted by Gasteiger charge is -2.02. The van der Waals surface area contributed by atoms with E-state index in [0.717, 1.165) is 23.1 Å². The average Bonchev–Trinajstić information content (AvgIpc) is 2.85. The van der Waals surface area contributed by atoms with Crippen molar-refractivity contribution >= 4 is 16.5 Å². The van der Waals surface area contributed by atoms with Gasteiger partial charge in [0.2, 0.25) is 5.13 Å². The van der Waals surface area contributed by atoms with Gasteiger partial charge in [0.15, 0.2) is 0 Å². The summed E-state index contributed by atoms with van der Waals surface area (Å²) in [6.07, 6.45) is 11.9. The number of hydrogen-bond acceptors (Lipinski definition) is 4. The summed E-state index contributed by atoms with van der Waals surface area (Å²) in [4.78, 5) is 0. The molecule has 0 bridgehead atoms. The van der Waals surface area contributed by atoms with E-state index in [-0.39, 0.29) is 0 Å². The van der Waals surface area contributed by atoms with E-state index >= 15 is 0 Å². The fraction of sp³-hybridized carbons (Fsp3) is 0.857. The molecule has 0 aliphatic rings. The van der Waals surface area contributed by atoms with E-state index in [1.807, 2.05) is 0 Å². The van der Waals surface area contributed by atoms with Gasteiger partial charge in [0.05, 0.1) is 0 Å². The molecule has 0 saturated carbocycles. The largest absolute Gasteiger partial charge is 0.360 e. The molecule has 4 heteroatoms. The maximum atomic E-state index is 4.11. The first-order valence-electron chi connectivity index (χ1n) is 7.43. The van der Waals surface area contributed by atoms with Crippen LogP contribution in [0.3, 0.4) is 0 Å². The minimum atomic E-state index is 0.981. The third-order valence-corrected chi connectivity index (χ3v) is 4.10. The van der Waals surface area contributed by atoms with Gasteiger partial charge in [-0.15, -0.1) is 10.2 Å². The van der Waals surface area contributed by atoms with Crippen LogP contribution in [-0.2, 0) is 6.42 Å². The lowest BCUT2D eigenvalue weighted by atomic mass is 10.1. The van der Waals surface area contributed by atoms with Gasteiger partial charge in [0, 0.05) is 6.54 Å². The molecule has 0 aliphatic heterocycles. The summed E-state index contributed by atoms with van der Waals surface area (Å²) < 4.78 is 0. The molecule has 1 aromatic heterocycles. The molecule has 1 rings (SSSR count). The highest BCUT2D eigenvalue weighted by molar-refractivity contribution is 7.15. The minimum absolute atomic E-state index is 0.981. The van der Waals surface area contributed by atoms with E-state index in [4.69, 9.17) is 0 Å². The predicted molar refractivity (Wildman–Crippen MR) is 80.4 cm³/mol. The number of rotatable bonds is 11. The van der Waals surface area contributed by atoms with Crippen LogP contribution in [0.1, 0.15) is 70.2 Å². The molecule has 0 amide bonds. The van der Waals surface area contributed by atoms with Crippen molar-refractivity contribution in [3.8, 4) is 0 Å². The summed E-state index contributed by atoms with van der Waals surface area (Å²) in [7, 11) is 0. The number of nitrogens with one attached hydrogen (secondary N) is 1. The fourth-order valence-corrected chi connectivity index (χ4v) is 2.63. The third kappa shape index (κ3) is 6.94. The van der Waals surface area contributed by atoms with E-state index in [0.29, 0.717) is 0 Å². The number of hydrogen-bond donors (Lipinski definition) is 1. The zero-order valence-electron chi connectivity index (χ0n) is 11.9. The third-order valence-electron chi connectivity index (χ3n) is 3.08. The van der Waals surface area contributed by atoms with E-state index in [2.05, 4.69) is 29.4 Å². The Bertz CT molecular complexity index is 299. The topological polar surface area (TPSA) is 37.8 Å². The van der Waals surface area contributed by atoms with Crippen LogP contribution in [0.4, 0.5) is 5.13 Å². The second-order valence-electron chi connectivity index (χ2n) is 4.76. The van der Waals surface area contributed by atoms with Gasteiger partial charge in [0.25, 0.3) is 0 Å². The molecule has 18 heavy (non-hydrogen) atoms. The van der Waals surface area contributed by atoms with Gasteiger partial charge in [0.1, 0.15) is 5.01 Å². The maximum absolute atomic E-state index is 4.11.